The fraction of sp³-hybridized carbons (Fsp3) is 0.650. The molecular weight excluding hydrogens is 817 g/mol. The van der Waals surface area contributed by atoms with Gasteiger partial charge in [0.2, 0.25) is 0 Å². The number of hydrogen-bond acceptors (Lipinski definition) is 6. The summed E-state index contributed by atoms with van der Waals surface area (Å²) in [6.07, 6.45) is 72.3. The van der Waals surface area contributed by atoms with E-state index in [1.54, 1.807) is 0 Å². The van der Waals surface area contributed by atoms with Crippen LogP contribution in [0.1, 0.15) is 233 Å². The molecule has 1 unspecified atom stereocenters. The Balaban J connectivity index is 4.53. The molecule has 0 spiro atoms. The first-order valence-corrected chi connectivity index (χ1v) is 26.9. The maximum absolute atomic E-state index is 12.8. The Morgan fingerprint density at radius 1 is 0.333 bits per heavy atom. The summed E-state index contributed by atoms with van der Waals surface area (Å²) in [5.74, 6) is -1.03. The Kier molecular flexibility index (Phi) is 50.5. The molecule has 0 amide bonds. The van der Waals surface area contributed by atoms with Crippen molar-refractivity contribution in [3.63, 3.8) is 0 Å². The second-order valence-corrected chi connectivity index (χ2v) is 17.4. The lowest BCUT2D eigenvalue weighted by Gasteiger charge is -2.18. The summed E-state index contributed by atoms with van der Waals surface area (Å²) in [7, 11) is 0. The molecule has 66 heavy (non-hydrogen) atoms. The molecule has 0 heterocycles. The van der Waals surface area contributed by atoms with Crippen LogP contribution in [-0.2, 0) is 28.6 Å². The van der Waals surface area contributed by atoms with E-state index in [1.165, 1.54) is 77.0 Å². The van der Waals surface area contributed by atoms with Crippen LogP contribution in [0.4, 0.5) is 0 Å². The van der Waals surface area contributed by atoms with E-state index < -0.39 is 12.1 Å². The number of carbonyl (C=O) groups excluding carboxylic acids is 3. The van der Waals surface area contributed by atoms with Crippen LogP contribution in [-0.4, -0.2) is 37.2 Å². The van der Waals surface area contributed by atoms with Gasteiger partial charge >= 0.3 is 17.9 Å². The standard InChI is InChI=1S/C60H98O6/c1-4-7-10-13-16-19-22-25-28-30-31-33-35-38-41-44-47-50-53-59(62)65-56-57(55-64-58(61)52-49-46-43-40-37-34-27-24-21-18-15-12-9-6-3)66-60(63)54-51-48-45-42-39-36-32-29-26-23-20-17-14-11-8-5-2/h8-9,11-12,17-18,20-21,26,28-31,33,36,39,45,48,57H,4-7,10,13-16,19,22-25,27,32,34-35,37-38,40-44,46-47,49-56H2,1-3H3/b11-8-,12-9-,20-17-,21-18-,29-26-,30-28-,33-31-,39-36-,48-45-. The highest BCUT2D eigenvalue weighted by Crippen LogP contribution is 2.13. The maximum Gasteiger partial charge on any atom is 0.306 e. The second-order valence-electron chi connectivity index (χ2n) is 17.4. The molecule has 0 aromatic rings. The molecule has 0 aliphatic rings. The molecule has 0 aromatic carbocycles. The minimum Gasteiger partial charge on any atom is -0.462 e. The average molecular weight is 915 g/mol. The van der Waals surface area contributed by atoms with Gasteiger partial charge in [0.05, 0.1) is 0 Å². The minimum atomic E-state index is -0.829. The van der Waals surface area contributed by atoms with Gasteiger partial charge in [0, 0.05) is 19.3 Å². The molecule has 0 aliphatic heterocycles. The van der Waals surface area contributed by atoms with Crippen molar-refractivity contribution < 1.29 is 28.6 Å². The zero-order chi connectivity index (χ0) is 47.9. The van der Waals surface area contributed by atoms with Crippen molar-refractivity contribution in [2.45, 2.75) is 239 Å². The highest BCUT2D eigenvalue weighted by molar-refractivity contribution is 5.71. The summed E-state index contributed by atoms with van der Waals surface area (Å²) in [6.45, 7) is 6.32. The molecule has 0 saturated heterocycles. The molecule has 0 radical (unpaired) electrons. The van der Waals surface area contributed by atoms with Gasteiger partial charge < -0.3 is 14.2 Å². The summed E-state index contributed by atoms with van der Waals surface area (Å²) < 4.78 is 16.7. The van der Waals surface area contributed by atoms with Gasteiger partial charge in [-0.3, -0.25) is 14.4 Å². The smallest absolute Gasteiger partial charge is 0.306 e. The molecule has 0 aliphatic carbocycles. The normalized spacial score (nSPS) is 13.0. The zero-order valence-electron chi connectivity index (χ0n) is 42.7. The third kappa shape index (κ3) is 51.1. The zero-order valence-corrected chi connectivity index (χ0v) is 42.7. The molecule has 0 rings (SSSR count). The SMILES string of the molecule is CC/C=C\C/C=C\C/C=C\C/C=C\C/C=C\CCC(=O)OC(COC(=O)CCCCCCC/C=C\C=C/CCCCCCCCC)COC(=O)CCCCCCCCC/C=C\C/C=C\CC. The minimum absolute atomic E-state index is 0.119. The Labute approximate surface area is 406 Å². The van der Waals surface area contributed by atoms with Gasteiger partial charge in [-0.1, -0.05) is 220 Å². The predicted molar refractivity (Wildman–Crippen MR) is 283 cm³/mol. The van der Waals surface area contributed by atoms with E-state index in [9.17, 15) is 14.4 Å². The average Bonchev–Trinajstić information content (AvgIpc) is 3.31. The first kappa shape index (κ1) is 62.1. The summed E-state index contributed by atoms with van der Waals surface area (Å²) >= 11 is 0. The lowest BCUT2D eigenvalue weighted by molar-refractivity contribution is -0.166. The quantitative estimate of drug-likeness (QED) is 0.0199. The van der Waals surface area contributed by atoms with E-state index in [2.05, 4.69) is 118 Å². The number of hydrogen-bond donors (Lipinski definition) is 0. The van der Waals surface area contributed by atoms with Gasteiger partial charge in [-0.15, -0.1) is 0 Å². The van der Waals surface area contributed by atoms with Crippen molar-refractivity contribution in [3.05, 3.63) is 109 Å². The summed E-state index contributed by atoms with van der Waals surface area (Å²) in [5.41, 5.74) is 0. The van der Waals surface area contributed by atoms with Crippen LogP contribution < -0.4 is 0 Å². The highest BCUT2D eigenvalue weighted by atomic mass is 16.6. The molecule has 0 saturated carbocycles. The number of ether oxygens (including phenoxy) is 3. The number of rotatable bonds is 47. The molecule has 1 atom stereocenters. The third-order valence-electron chi connectivity index (χ3n) is 11.0. The third-order valence-corrected chi connectivity index (χ3v) is 11.0. The molecule has 0 bridgehead atoms. The topological polar surface area (TPSA) is 78.9 Å². The summed E-state index contributed by atoms with van der Waals surface area (Å²) in [5, 5.41) is 0. The molecule has 6 nitrogen and oxygen atoms in total. The lowest BCUT2D eigenvalue weighted by Crippen LogP contribution is -2.30. The van der Waals surface area contributed by atoms with Crippen LogP contribution in [0.3, 0.4) is 0 Å². The molecular formula is C60H98O6. The number of allylic oxidation sites excluding steroid dienone is 18. The van der Waals surface area contributed by atoms with Gasteiger partial charge in [0.15, 0.2) is 6.10 Å². The summed E-state index contributed by atoms with van der Waals surface area (Å²) in [6, 6.07) is 0. The van der Waals surface area contributed by atoms with E-state index in [4.69, 9.17) is 14.2 Å². The van der Waals surface area contributed by atoms with E-state index in [1.807, 2.05) is 12.2 Å². The number of unbranched alkanes of at least 4 members (excludes halogenated alkanes) is 19. The van der Waals surface area contributed by atoms with Crippen molar-refractivity contribution in [3.8, 4) is 0 Å². The Morgan fingerprint density at radius 2 is 0.667 bits per heavy atom. The van der Waals surface area contributed by atoms with Gasteiger partial charge in [-0.2, -0.15) is 0 Å². The van der Waals surface area contributed by atoms with Crippen LogP contribution in [0.15, 0.2) is 109 Å². The largest absolute Gasteiger partial charge is 0.462 e. The van der Waals surface area contributed by atoms with Gasteiger partial charge in [-0.25, -0.2) is 0 Å². The van der Waals surface area contributed by atoms with Crippen molar-refractivity contribution in [2.75, 3.05) is 13.2 Å². The fourth-order valence-corrected chi connectivity index (χ4v) is 7.05. The highest BCUT2D eigenvalue weighted by Gasteiger charge is 2.19. The summed E-state index contributed by atoms with van der Waals surface area (Å²) in [4.78, 5) is 38.0. The maximum atomic E-state index is 12.8. The molecule has 374 valence electrons. The van der Waals surface area contributed by atoms with E-state index in [-0.39, 0.29) is 31.6 Å². The second kappa shape index (κ2) is 53.7. The molecule has 0 aromatic heterocycles. The van der Waals surface area contributed by atoms with Crippen molar-refractivity contribution in [1.29, 1.82) is 0 Å². The van der Waals surface area contributed by atoms with Crippen LogP contribution in [0.5, 0.6) is 0 Å². The predicted octanol–water partition coefficient (Wildman–Crippen LogP) is 17.9. The van der Waals surface area contributed by atoms with Crippen LogP contribution in [0.2, 0.25) is 0 Å². The molecule has 0 fully saturated rings. The van der Waals surface area contributed by atoms with Crippen molar-refractivity contribution in [2.24, 2.45) is 0 Å². The fourth-order valence-electron chi connectivity index (χ4n) is 7.05. The first-order chi connectivity index (χ1) is 32.5. The lowest BCUT2D eigenvalue weighted by atomic mass is 10.1. The van der Waals surface area contributed by atoms with Gasteiger partial charge in [0.25, 0.3) is 0 Å². The number of esters is 3. The number of carbonyl (C=O) groups is 3. The van der Waals surface area contributed by atoms with Gasteiger partial charge in [0.1, 0.15) is 13.2 Å². The van der Waals surface area contributed by atoms with Crippen LogP contribution in [0.25, 0.3) is 0 Å². The Hall–Kier alpha value is -3.93. The van der Waals surface area contributed by atoms with E-state index >= 15 is 0 Å². The molecule has 0 N–H and O–H groups in total. The van der Waals surface area contributed by atoms with Gasteiger partial charge in [-0.05, 0) is 103 Å². The van der Waals surface area contributed by atoms with E-state index in [0.29, 0.717) is 19.3 Å². The molecule has 6 heteroatoms. The Bertz CT molecular complexity index is 1370. The van der Waals surface area contributed by atoms with Crippen LogP contribution >= 0.6 is 0 Å². The van der Waals surface area contributed by atoms with Crippen LogP contribution in [0, 0.1) is 0 Å². The van der Waals surface area contributed by atoms with Crippen molar-refractivity contribution >= 4 is 17.9 Å². The first-order valence-electron chi connectivity index (χ1n) is 26.9. The monoisotopic (exact) mass is 915 g/mol. The Morgan fingerprint density at radius 3 is 1.08 bits per heavy atom. The van der Waals surface area contributed by atoms with E-state index in [0.717, 1.165) is 109 Å². The van der Waals surface area contributed by atoms with Crippen molar-refractivity contribution in [1.82, 2.24) is 0 Å².